The summed E-state index contributed by atoms with van der Waals surface area (Å²) in [4.78, 5) is 27.2. The Morgan fingerprint density at radius 3 is 2.52 bits per heavy atom. The second-order valence-electron chi connectivity index (χ2n) is 3.93. The van der Waals surface area contributed by atoms with Gasteiger partial charge in [-0.1, -0.05) is 23.2 Å². The second-order valence-corrected chi connectivity index (χ2v) is 5.69. The zero-order chi connectivity index (χ0) is 15.6. The molecule has 0 aliphatic heterocycles. The number of carbonyl (C=O) groups excluding carboxylic acids is 1. The second kappa shape index (κ2) is 6.43. The van der Waals surface area contributed by atoms with Crippen LogP contribution in [0.4, 0.5) is 5.69 Å². The van der Waals surface area contributed by atoms with Crippen LogP contribution >= 0.6 is 39.1 Å². The first kappa shape index (κ1) is 15.8. The molecule has 0 saturated carbocycles. The van der Waals surface area contributed by atoms with Crippen LogP contribution in [0, 0.1) is 0 Å². The molecule has 21 heavy (non-hydrogen) atoms. The van der Waals surface area contributed by atoms with Gasteiger partial charge in [-0.2, -0.15) is 0 Å². The minimum atomic E-state index is -1.25. The van der Waals surface area contributed by atoms with Crippen LogP contribution in [0.25, 0.3) is 0 Å². The summed E-state index contributed by atoms with van der Waals surface area (Å²) < 4.78 is 0.717. The third-order valence-corrected chi connectivity index (χ3v) is 3.47. The van der Waals surface area contributed by atoms with E-state index in [1.807, 2.05) is 0 Å². The largest absolute Gasteiger partial charge is 0.478 e. The highest BCUT2D eigenvalue weighted by atomic mass is 79.9. The SMILES string of the molecule is O=C(Nc1c(Cl)cc(Cl)cc1C(=O)O)c1ccc(Br)cn1. The number of nitrogens with zero attached hydrogens (tertiary/aromatic N) is 1. The minimum Gasteiger partial charge on any atom is -0.478 e. The number of benzene rings is 1. The maximum absolute atomic E-state index is 12.1. The molecule has 108 valence electrons. The molecule has 1 heterocycles. The van der Waals surface area contributed by atoms with Crippen LogP contribution in [0.15, 0.2) is 34.9 Å². The molecule has 0 atom stereocenters. The van der Waals surface area contributed by atoms with Gasteiger partial charge in [-0.3, -0.25) is 4.79 Å². The lowest BCUT2D eigenvalue weighted by Gasteiger charge is -2.10. The Balaban J connectivity index is 2.37. The van der Waals surface area contributed by atoms with Gasteiger partial charge in [0.1, 0.15) is 5.69 Å². The van der Waals surface area contributed by atoms with E-state index >= 15 is 0 Å². The number of pyridine rings is 1. The molecule has 2 N–H and O–H groups in total. The minimum absolute atomic E-state index is 0.0247. The van der Waals surface area contributed by atoms with Crippen molar-refractivity contribution in [2.75, 3.05) is 5.32 Å². The Morgan fingerprint density at radius 1 is 1.24 bits per heavy atom. The van der Waals surface area contributed by atoms with Crippen LogP contribution in [0.3, 0.4) is 0 Å². The zero-order valence-electron chi connectivity index (χ0n) is 10.2. The molecule has 0 spiro atoms. The third kappa shape index (κ3) is 3.72. The molecule has 8 heteroatoms. The van der Waals surface area contributed by atoms with Gasteiger partial charge in [-0.05, 0) is 40.2 Å². The number of amides is 1. The average Bonchev–Trinajstić information content (AvgIpc) is 2.41. The van der Waals surface area contributed by atoms with Gasteiger partial charge in [0.25, 0.3) is 5.91 Å². The number of aromatic carboxylic acids is 1. The van der Waals surface area contributed by atoms with E-state index in [1.54, 1.807) is 6.07 Å². The standard InChI is InChI=1S/C13H7BrCl2N2O3/c14-6-1-2-10(17-5-6)12(19)18-11-8(13(20)21)3-7(15)4-9(11)16/h1-5H,(H,18,19)(H,20,21). The van der Waals surface area contributed by atoms with Crippen LogP contribution in [0.5, 0.6) is 0 Å². The Kier molecular flexibility index (Phi) is 4.82. The van der Waals surface area contributed by atoms with E-state index in [-0.39, 0.29) is 27.0 Å². The number of nitrogens with one attached hydrogen (secondary N) is 1. The number of carboxylic acids is 1. The van der Waals surface area contributed by atoms with Gasteiger partial charge in [0.05, 0.1) is 16.3 Å². The van der Waals surface area contributed by atoms with Crippen LogP contribution in [0.1, 0.15) is 20.8 Å². The van der Waals surface area contributed by atoms with Crippen molar-refractivity contribution < 1.29 is 14.7 Å². The monoisotopic (exact) mass is 388 g/mol. The first-order valence-corrected chi connectivity index (χ1v) is 7.08. The molecule has 0 aliphatic carbocycles. The Hall–Kier alpha value is -1.63. The van der Waals surface area contributed by atoms with Crippen molar-refractivity contribution in [3.05, 3.63) is 56.2 Å². The summed E-state index contributed by atoms with van der Waals surface area (Å²) in [5.41, 5.74) is -0.0956. The summed E-state index contributed by atoms with van der Waals surface area (Å²) in [5.74, 6) is -1.83. The van der Waals surface area contributed by atoms with E-state index in [2.05, 4.69) is 26.2 Å². The smallest absolute Gasteiger partial charge is 0.337 e. The molecule has 0 saturated heterocycles. The maximum atomic E-state index is 12.1. The fourth-order valence-corrected chi connectivity index (χ4v) is 2.33. The summed E-state index contributed by atoms with van der Waals surface area (Å²) in [5, 5.41) is 11.8. The molecule has 2 aromatic rings. The van der Waals surface area contributed by atoms with E-state index in [4.69, 9.17) is 28.3 Å². The van der Waals surface area contributed by atoms with Crippen LogP contribution in [-0.2, 0) is 0 Å². The molecular weight excluding hydrogens is 383 g/mol. The number of anilines is 1. The first-order valence-electron chi connectivity index (χ1n) is 5.53. The zero-order valence-corrected chi connectivity index (χ0v) is 13.3. The van der Waals surface area contributed by atoms with Crippen molar-refractivity contribution in [1.82, 2.24) is 4.98 Å². The van der Waals surface area contributed by atoms with Crippen molar-refractivity contribution in [1.29, 1.82) is 0 Å². The summed E-state index contributed by atoms with van der Waals surface area (Å²) in [6.45, 7) is 0. The van der Waals surface area contributed by atoms with Gasteiger partial charge in [0.2, 0.25) is 0 Å². The predicted molar refractivity (Wildman–Crippen MR) is 83.3 cm³/mol. The van der Waals surface area contributed by atoms with Crippen LogP contribution in [0.2, 0.25) is 10.0 Å². The normalized spacial score (nSPS) is 10.2. The maximum Gasteiger partial charge on any atom is 0.337 e. The predicted octanol–water partition coefficient (Wildman–Crippen LogP) is 4.10. The number of aromatic nitrogens is 1. The molecule has 2 rings (SSSR count). The number of hydrogen-bond donors (Lipinski definition) is 2. The summed E-state index contributed by atoms with van der Waals surface area (Å²) in [7, 11) is 0. The van der Waals surface area contributed by atoms with E-state index in [1.165, 1.54) is 24.4 Å². The average molecular weight is 390 g/mol. The number of carbonyl (C=O) groups is 2. The molecule has 0 unspecified atom stereocenters. The Bertz CT molecular complexity index is 720. The van der Waals surface area contributed by atoms with Gasteiger partial charge in [0, 0.05) is 15.7 Å². The van der Waals surface area contributed by atoms with E-state index in [0.717, 1.165) is 4.47 Å². The summed E-state index contributed by atoms with van der Waals surface area (Å²) in [6, 6.07) is 5.69. The van der Waals surface area contributed by atoms with Gasteiger partial charge in [0.15, 0.2) is 0 Å². The topological polar surface area (TPSA) is 79.3 Å². The number of carboxylic acid groups (broad SMARTS) is 1. The highest BCUT2D eigenvalue weighted by Gasteiger charge is 2.18. The van der Waals surface area contributed by atoms with Gasteiger partial charge in [-0.25, -0.2) is 9.78 Å². The lowest BCUT2D eigenvalue weighted by Crippen LogP contribution is -2.16. The number of halogens is 3. The van der Waals surface area contributed by atoms with Crippen molar-refractivity contribution in [2.24, 2.45) is 0 Å². The van der Waals surface area contributed by atoms with Gasteiger partial charge >= 0.3 is 5.97 Å². The Morgan fingerprint density at radius 2 is 1.95 bits per heavy atom. The molecular formula is C13H7BrCl2N2O3. The molecule has 1 amide bonds. The first-order chi connectivity index (χ1) is 9.88. The molecule has 0 bridgehead atoms. The summed E-state index contributed by atoms with van der Waals surface area (Å²) in [6.07, 6.45) is 1.45. The Labute approximate surface area is 138 Å². The van der Waals surface area contributed by atoms with E-state index in [0.29, 0.717) is 0 Å². The third-order valence-electron chi connectivity index (χ3n) is 2.48. The van der Waals surface area contributed by atoms with Crippen molar-refractivity contribution in [3.8, 4) is 0 Å². The van der Waals surface area contributed by atoms with Crippen molar-refractivity contribution in [3.63, 3.8) is 0 Å². The fourth-order valence-electron chi connectivity index (χ4n) is 1.56. The molecule has 5 nitrogen and oxygen atoms in total. The van der Waals surface area contributed by atoms with E-state index in [9.17, 15) is 9.59 Å². The summed E-state index contributed by atoms with van der Waals surface area (Å²) >= 11 is 14.9. The molecule has 0 radical (unpaired) electrons. The molecule has 0 fully saturated rings. The van der Waals surface area contributed by atoms with Gasteiger partial charge in [-0.15, -0.1) is 0 Å². The fraction of sp³-hybridized carbons (Fsp3) is 0. The van der Waals surface area contributed by atoms with Crippen LogP contribution < -0.4 is 5.32 Å². The number of hydrogen-bond acceptors (Lipinski definition) is 3. The van der Waals surface area contributed by atoms with Gasteiger partial charge < -0.3 is 10.4 Å². The van der Waals surface area contributed by atoms with E-state index < -0.39 is 11.9 Å². The van der Waals surface area contributed by atoms with Crippen LogP contribution in [-0.4, -0.2) is 22.0 Å². The molecule has 0 aliphatic rings. The quantitative estimate of drug-likeness (QED) is 0.828. The molecule has 1 aromatic carbocycles. The number of rotatable bonds is 3. The van der Waals surface area contributed by atoms with Crippen molar-refractivity contribution >= 4 is 56.7 Å². The highest BCUT2D eigenvalue weighted by molar-refractivity contribution is 9.10. The van der Waals surface area contributed by atoms with Crippen molar-refractivity contribution in [2.45, 2.75) is 0 Å². The molecule has 1 aromatic heterocycles. The lowest BCUT2D eigenvalue weighted by atomic mass is 10.1. The lowest BCUT2D eigenvalue weighted by molar-refractivity contribution is 0.0698. The highest BCUT2D eigenvalue weighted by Crippen LogP contribution is 2.30.